The molecule has 2 aliphatic heterocycles. The van der Waals surface area contributed by atoms with Gasteiger partial charge in [-0.1, -0.05) is 30.4 Å². The first-order valence-corrected chi connectivity index (χ1v) is 16.2. The Bertz CT molecular complexity index is 1820. The molecule has 4 heterocycles. The van der Waals surface area contributed by atoms with Crippen molar-refractivity contribution in [1.82, 2.24) is 15.0 Å². The maximum atomic E-state index is 13.9. The second-order valence-electron chi connectivity index (χ2n) is 11.7. The second-order valence-corrected chi connectivity index (χ2v) is 12.6. The second kappa shape index (κ2) is 12.4. The summed E-state index contributed by atoms with van der Waals surface area (Å²) in [4.78, 5) is 25.1. The third kappa shape index (κ3) is 5.70. The molecule has 46 heavy (non-hydrogen) atoms. The van der Waals surface area contributed by atoms with Gasteiger partial charge in [0.15, 0.2) is 11.5 Å². The largest absolute Gasteiger partial charge is 0.493 e. The monoisotopic (exact) mass is 647 g/mol. The Balaban J connectivity index is 1.16. The van der Waals surface area contributed by atoms with Crippen LogP contribution < -0.4 is 14.4 Å². The van der Waals surface area contributed by atoms with Crippen LogP contribution in [0.3, 0.4) is 0 Å². The molecule has 1 saturated heterocycles. The van der Waals surface area contributed by atoms with Gasteiger partial charge in [0.25, 0.3) is 0 Å². The fourth-order valence-corrected chi connectivity index (χ4v) is 7.54. The molecular formula is C34H32F3N5O3S. The molecule has 2 aromatic carbocycles. The molecule has 2 atom stereocenters. The number of nitrogens with zero attached hydrogens (tertiary/aromatic N) is 5. The van der Waals surface area contributed by atoms with Gasteiger partial charge >= 0.3 is 6.18 Å². The van der Waals surface area contributed by atoms with Gasteiger partial charge < -0.3 is 14.4 Å². The minimum Gasteiger partial charge on any atom is -0.493 e. The van der Waals surface area contributed by atoms with Crippen LogP contribution in [0.5, 0.6) is 11.5 Å². The van der Waals surface area contributed by atoms with Gasteiger partial charge in [-0.15, -0.1) is 11.3 Å². The molecule has 3 aliphatic rings. The Morgan fingerprint density at radius 3 is 2.54 bits per heavy atom. The van der Waals surface area contributed by atoms with E-state index in [1.54, 1.807) is 40.9 Å². The minimum absolute atomic E-state index is 0.0276. The quantitative estimate of drug-likeness (QED) is 0.199. The number of benzene rings is 2. The van der Waals surface area contributed by atoms with E-state index in [4.69, 9.17) is 14.6 Å². The molecule has 0 spiro atoms. The summed E-state index contributed by atoms with van der Waals surface area (Å²) in [5, 5.41) is 8.73. The average molecular weight is 648 g/mol. The van der Waals surface area contributed by atoms with E-state index in [0.717, 1.165) is 59.3 Å². The number of carbonyl (C=O) groups excluding carboxylic acids is 1. The molecule has 1 aliphatic carbocycles. The third-order valence-corrected chi connectivity index (χ3v) is 9.94. The Kier molecular flexibility index (Phi) is 8.14. The van der Waals surface area contributed by atoms with Gasteiger partial charge in [0, 0.05) is 30.1 Å². The number of allylic oxidation sites excluding steroid dienone is 2. The first kappa shape index (κ1) is 30.2. The number of hydrogen-bond acceptors (Lipinski definition) is 8. The first-order valence-electron chi connectivity index (χ1n) is 15.3. The maximum Gasteiger partial charge on any atom is 0.416 e. The molecule has 2 aromatic heterocycles. The van der Waals surface area contributed by atoms with Crippen LogP contribution in [0, 0.1) is 11.8 Å². The number of alkyl halides is 3. The summed E-state index contributed by atoms with van der Waals surface area (Å²) in [7, 11) is 1.49. The lowest BCUT2D eigenvalue weighted by atomic mass is 9.76. The minimum atomic E-state index is -4.50. The number of hydrogen-bond donors (Lipinski definition) is 0. The predicted octanol–water partition coefficient (Wildman–Crippen LogP) is 7.10. The van der Waals surface area contributed by atoms with E-state index >= 15 is 0 Å². The smallest absolute Gasteiger partial charge is 0.416 e. The fourth-order valence-electron chi connectivity index (χ4n) is 6.68. The number of rotatable bonds is 7. The van der Waals surface area contributed by atoms with Gasteiger partial charge in [0.2, 0.25) is 5.91 Å². The van der Waals surface area contributed by atoms with E-state index in [1.165, 1.54) is 19.2 Å². The number of aromatic nitrogens is 2. The molecule has 0 unspecified atom stereocenters. The molecule has 0 radical (unpaired) electrons. The molecular weight excluding hydrogens is 615 g/mol. The highest BCUT2D eigenvalue weighted by atomic mass is 32.1. The van der Waals surface area contributed by atoms with E-state index < -0.39 is 11.7 Å². The van der Waals surface area contributed by atoms with Crippen LogP contribution in [-0.2, 0) is 17.6 Å². The Morgan fingerprint density at radius 1 is 0.978 bits per heavy atom. The summed E-state index contributed by atoms with van der Waals surface area (Å²) in [6, 6.07) is 12.7. The summed E-state index contributed by atoms with van der Waals surface area (Å²) < 4.78 is 53.4. The average Bonchev–Trinajstić information content (AvgIpc) is 3.57. The van der Waals surface area contributed by atoms with Crippen molar-refractivity contribution in [2.24, 2.45) is 16.9 Å². The van der Waals surface area contributed by atoms with Gasteiger partial charge in [-0.25, -0.2) is 15.0 Å². The zero-order valence-electron chi connectivity index (χ0n) is 25.1. The van der Waals surface area contributed by atoms with E-state index in [-0.39, 0.29) is 36.0 Å². The first-order chi connectivity index (χ1) is 22.3. The van der Waals surface area contributed by atoms with E-state index in [2.05, 4.69) is 27.0 Å². The summed E-state index contributed by atoms with van der Waals surface area (Å²) in [5.41, 5.74) is 1.75. The number of methoxy groups -OCH3 is 1. The number of halogens is 3. The molecule has 7 rings (SSSR count). The van der Waals surface area contributed by atoms with Crippen molar-refractivity contribution in [3.8, 4) is 11.5 Å². The number of piperidine rings is 1. The third-order valence-electron chi connectivity index (χ3n) is 9.04. The van der Waals surface area contributed by atoms with E-state index in [0.29, 0.717) is 24.3 Å². The van der Waals surface area contributed by atoms with Crippen molar-refractivity contribution in [2.45, 2.75) is 44.5 Å². The van der Waals surface area contributed by atoms with Gasteiger partial charge in [-0.3, -0.25) is 4.79 Å². The van der Waals surface area contributed by atoms with Gasteiger partial charge in [-0.05, 0) is 61.4 Å². The number of fused-ring (bicyclic) bond motifs is 2. The molecule has 12 heteroatoms. The van der Waals surface area contributed by atoms with Crippen molar-refractivity contribution in [3.05, 3.63) is 89.1 Å². The molecule has 0 bridgehead atoms. The lowest BCUT2D eigenvalue weighted by Gasteiger charge is -2.42. The highest BCUT2D eigenvalue weighted by Crippen LogP contribution is 2.40. The summed E-state index contributed by atoms with van der Waals surface area (Å²) in [6.07, 6.45) is 4.02. The Morgan fingerprint density at radius 2 is 1.76 bits per heavy atom. The highest BCUT2D eigenvalue weighted by Gasteiger charge is 2.43. The molecule has 0 saturated carbocycles. The van der Waals surface area contributed by atoms with Crippen molar-refractivity contribution in [1.29, 1.82) is 0 Å². The molecule has 8 nitrogen and oxygen atoms in total. The number of thiophene rings is 1. The maximum absolute atomic E-state index is 13.9. The molecule has 1 amide bonds. The van der Waals surface area contributed by atoms with Gasteiger partial charge in [-0.2, -0.15) is 18.3 Å². The Hall–Kier alpha value is -4.45. The highest BCUT2D eigenvalue weighted by molar-refractivity contribution is 7.17. The van der Waals surface area contributed by atoms with E-state index in [9.17, 15) is 18.0 Å². The normalized spacial score (nSPS) is 20.5. The molecule has 1 fully saturated rings. The van der Waals surface area contributed by atoms with Crippen LogP contribution in [-0.4, -0.2) is 52.8 Å². The van der Waals surface area contributed by atoms with Crippen LogP contribution >= 0.6 is 11.3 Å². The van der Waals surface area contributed by atoms with Crippen LogP contribution in [0.15, 0.2) is 77.5 Å². The zero-order valence-corrected chi connectivity index (χ0v) is 25.9. The lowest BCUT2D eigenvalue weighted by Crippen LogP contribution is -2.52. The SMILES string of the molecule is COc1ccc(C2=NN(C3CCN(c4ncnc5ccsc45)CC3)C(=O)[C@@H]3CC=CC[C@H]23)cc1OCc1ccccc1C(F)(F)F. The number of anilines is 1. The van der Waals surface area contributed by atoms with Crippen molar-refractivity contribution in [2.75, 3.05) is 25.1 Å². The van der Waals surface area contributed by atoms with Gasteiger partial charge in [0.1, 0.15) is 18.8 Å². The zero-order chi connectivity index (χ0) is 31.8. The van der Waals surface area contributed by atoms with Crippen LogP contribution in [0.2, 0.25) is 0 Å². The molecule has 238 valence electrons. The van der Waals surface area contributed by atoms with Crippen molar-refractivity contribution in [3.63, 3.8) is 0 Å². The number of amides is 1. The molecule has 4 aromatic rings. The van der Waals surface area contributed by atoms with Crippen LogP contribution in [0.25, 0.3) is 10.2 Å². The fraction of sp³-hybridized carbons (Fsp3) is 0.353. The van der Waals surface area contributed by atoms with Crippen LogP contribution in [0.4, 0.5) is 19.0 Å². The Labute approximate surface area is 268 Å². The molecule has 0 N–H and O–H groups in total. The summed E-state index contributed by atoms with van der Waals surface area (Å²) in [5.74, 6) is 1.31. The van der Waals surface area contributed by atoms with Gasteiger partial charge in [0.05, 0.1) is 40.6 Å². The number of carbonyl (C=O) groups is 1. The van der Waals surface area contributed by atoms with Crippen molar-refractivity contribution >= 4 is 39.0 Å². The van der Waals surface area contributed by atoms with E-state index in [1.807, 2.05) is 17.5 Å². The lowest BCUT2D eigenvalue weighted by molar-refractivity contribution is -0.141. The van der Waals surface area contributed by atoms with Crippen molar-refractivity contribution < 1.29 is 27.4 Å². The number of ether oxygens (including phenoxy) is 2. The van der Waals surface area contributed by atoms with Crippen LogP contribution in [0.1, 0.15) is 42.4 Å². The number of hydrazone groups is 1. The summed E-state index contributed by atoms with van der Waals surface area (Å²) >= 11 is 1.63. The topological polar surface area (TPSA) is 80.2 Å². The predicted molar refractivity (Wildman–Crippen MR) is 170 cm³/mol. The standard InChI is InChI=1S/C34H32F3N5O3S/c1-44-28-11-10-21(18-29(28)45-19-22-6-2-5-9-26(22)34(35,36)37)30-24-7-3-4-8-25(24)33(43)42(40-30)23-12-15-41(16-13-23)32-31-27(14-17-46-31)38-20-39-32/h2-6,9-11,14,17-18,20,23-25H,7-8,12-13,15-16,19H2,1H3/t24-,25+/m0/s1. The summed E-state index contributed by atoms with van der Waals surface area (Å²) in [6.45, 7) is 1.18.